The van der Waals surface area contributed by atoms with Gasteiger partial charge in [0, 0.05) is 6.42 Å². The lowest BCUT2D eigenvalue weighted by atomic mass is 10.0. The monoisotopic (exact) mass is 982 g/mol. The fourth-order valence-corrected chi connectivity index (χ4v) is 10.2. The van der Waals surface area contributed by atoms with Crippen LogP contribution in [-0.2, 0) is 4.79 Å². The Balaban J connectivity index is 3.40. The van der Waals surface area contributed by atoms with Crippen LogP contribution >= 0.6 is 0 Å². The molecule has 0 aromatic heterocycles. The lowest BCUT2D eigenvalue weighted by Gasteiger charge is -2.20. The van der Waals surface area contributed by atoms with Crippen molar-refractivity contribution < 1.29 is 15.0 Å². The summed E-state index contributed by atoms with van der Waals surface area (Å²) in [4.78, 5) is 12.5. The van der Waals surface area contributed by atoms with Gasteiger partial charge in [-0.15, -0.1) is 0 Å². The molecule has 3 N–H and O–H groups in total. The van der Waals surface area contributed by atoms with E-state index in [1.165, 1.54) is 308 Å². The molecule has 0 rings (SSSR count). The lowest BCUT2D eigenvalue weighted by Crippen LogP contribution is -2.45. The summed E-state index contributed by atoms with van der Waals surface area (Å²) in [6, 6.07) is -0.621. The van der Waals surface area contributed by atoms with Crippen molar-refractivity contribution in [2.45, 2.75) is 373 Å². The molecule has 0 radical (unpaired) electrons. The van der Waals surface area contributed by atoms with Gasteiger partial charge < -0.3 is 15.5 Å². The van der Waals surface area contributed by atoms with E-state index in [0.717, 1.165) is 32.1 Å². The second-order valence-electron chi connectivity index (χ2n) is 22.2. The number of aliphatic hydroxyl groups is 2. The Hall–Kier alpha value is -1.39. The Morgan fingerprint density at radius 3 is 0.857 bits per heavy atom. The summed E-state index contributed by atoms with van der Waals surface area (Å²) in [7, 11) is 0. The zero-order valence-corrected chi connectivity index (χ0v) is 47.8. The van der Waals surface area contributed by atoms with Crippen molar-refractivity contribution in [2.75, 3.05) is 6.61 Å². The van der Waals surface area contributed by atoms with Crippen LogP contribution in [-0.4, -0.2) is 34.9 Å². The minimum absolute atomic E-state index is 0.0562. The van der Waals surface area contributed by atoms with Crippen LogP contribution in [0.25, 0.3) is 0 Å². The Labute approximate surface area is 440 Å². The maximum absolute atomic E-state index is 12.5. The zero-order chi connectivity index (χ0) is 50.6. The number of rotatable bonds is 60. The molecule has 0 fully saturated rings. The van der Waals surface area contributed by atoms with Crippen LogP contribution in [0.5, 0.6) is 0 Å². The van der Waals surface area contributed by atoms with E-state index in [9.17, 15) is 15.0 Å². The Bertz CT molecular complexity index is 1070. The SMILES string of the molecule is CCCCCCC/C=C\C/C=C\CCCCCCCCCCCCCCCCCCCCCCCCCCCC(=O)NC(CO)C(O)/C=C/CCCCCCCCCCCCCCCCCCCCC. The average Bonchev–Trinajstić information content (AvgIpc) is 3.36. The van der Waals surface area contributed by atoms with Gasteiger partial charge in [0.1, 0.15) is 0 Å². The molecule has 0 saturated carbocycles. The van der Waals surface area contributed by atoms with Gasteiger partial charge in [-0.2, -0.15) is 0 Å². The normalized spacial score (nSPS) is 12.9. The van der Waals surface area contributed by atoms with Gasteiger partial charge in [-0.1, -0.05) is 339 Å². The largest absolute Gasteiger partial charge is 0.394 e. The van der Waals surface area contributed by atoms with E-state index in [4.69, 9.17) is 0 Å². The highest BCUT2D eigenvalue weighted by Gasteiger charge is 2.18. The summed E-state index contributed by atoms with van der Waals surface area (Å²) < 4.78 is 0. The van der Waals surface area contributed by atoms with Crippen molar-refractivity contribution in [3.8, 4) is 0 Å². The highest BCUT2D eigenvalue weighted by Crippen LogP contribution is 2.18. The van der Waals surface area contributed by atoms with Crippen LogP contribution in [0, 0.1) is 0 Å². The van der Waals surface area contributed by atoms with Crippen LogP contribution < -0.4 is 5.32 Å². The van der Waals surface area contributed by atoms with E-state index in [0.29, 0.717) is 6.42 Å². The van der Waals surface area contributed by atoms with Gasteiger partial charge in [0.25, 0.3) is 0 Å². The predicted octanol–water partition coefficient (Wildman–Crippen LogP) is 21.6. The van der Waals surface area contributed by atoms with Crippen LogP contribution in [0.3, 0.4) is 0 Å². The molecule has 4 heteroatoms. The first-order chi connectivity index (χ1) is 34.7. The second kappa shape index (κ2) is 61.9. The fourth-order valence-electron chi connectivity index (χ4n) is 10.2. The maximum atomic E-state index is 12.5. The molecule has 0 aliphatic rings. The summed E-state index contributed by atoms with van der Waals surface area (Å²) in [5.74, 6) is -0.0562. The molecule has 4 nitrogen and oxygen atoms in total. The summed E-state index contributed by atoms with van der Waals surface area (Å²) in [6.45, 7) is 4.34. The van der Waals surface area contributed by atoms with Gasteiger partial charge in [-0.05, 0) is 51.4 Å². The smallest absolute Gasteiger partial charge is 0.220 e. The van der Waals surface area contributed by atoms with E-state index >= 15 is 0 Å². The Kier molecular flexibility index (Phi) is 60.7. The van der Waals surface area contributed by atoms with E-state index in [1.807, 2.05) is 6.08 Å². The molecule has 0 saturated heterocycles. The van der Waals surface area contributed by atoms with Crippen molar-refractivity contribution >= 4 is 5.91 Å². The number of hydrogen-bond acceptors (Lipinski definition) is 3. The van der Waals surface area contributed by atoms with Crippen molar-refractivity contribution in [3.05, 3.63) is 36.5 Å². The third-order valence-corrected chi connectivity index (χ3v) is 15.1. The molecule has 414 valence electrons. The quantitative estimate of drug-likeness (QED) is 0.0420. The van der Waals surface area contributed by atoms with Crippen LogP contribution in [0.4, 0.5) is 0 Å². The summed E-state index contributed by atoms with van der Waals surface area (Å²) >= 11 is 0. The van der Waals surface area contributed by atoms with Gasteiger partial charge in [-0.3, -0.25) is 4.79 Å². The molecule has 0 aromatic rings. The van der Waals surface area contributed by atoms with Gasteiger partial charge >= 0.3 is 0 Å². The molecule has 70 heavy (non-hydrogen) atoms. The highest BCUT2D eigenvalue weighted by atomic mass is 16.3. The van der Waals surface area contributed by atoms with Crippen LogP contribution in [0.2, 0.25) is 0 Å². The van der Waals surface area contributed by atoms with Gasteiger partial charge in [-0.25, -0.2) is 0 Å². The first-order valence-corrected chi connectivity index (χ1v) is 32.2. The van der Waals surface area contributed by atoms with Gasteiger partial charge in [0.05, 0.1) is 18.8 Å². The number of allylic oxidation sites excluding steroid dienone is 5. The highest BCUT2D eigenvalue weighted by molar-refractivity contribution is 5.76. The average molecular weight is 983 g/mol. The number of nitrogens with one attached hydrogen (secondary N) is 1. The predicted molar refractivity (Wildman–Crippen MR) is 313 cm³/mol. The molecule has 2 unspecified atom stereocenters. The first kappa shape index (κ1) is 68.6. The molecule has 0 spiro atoms. The first-order valence-electron chi connectivity index (χ1n) is 32.2. The minimum atomic E-state index is -0.838. The second-order valence-corrected chi connectivity index (χ2v) is 22.2. The minimum Gasteiger partial charge on any atom is -0.394 e. The number of amides is 1. The number of aliphatic hydroxyl groups excluding tert-OH is 2. The van der Waals surface area contributed by atoms with E-state index in [-0.39, 0.29) is 12.5 Å². The van der Waals surface area contributed by atoms with Crippen LogP contribution in [0.1, 0.15) is 361 Å². The number of hydrogen-bond donors (Lipinski definition) is 3. The molecular weight excluding hydrogens is 855 g/mol. The van der Waals surface area contributed by atoms with Crippen molar-refractivity contribution in [1.82, 2.24) is 5.32 Å². The third kappa shape index (κ3) is 57.5. The lowest BCUT2D eigenvalue weighted by molar-refractivity contribution is -0.123. The topological polar surface area (TPSA) is 69.6 Å². The summed E-state index contributed by atoms with van der Waals surface area (Å²) in [5, 5.41) is 23.2. The number of carbonyl (C=O) groups excluding carboxylic acids is 1. The maximum Gasteiger partial charge on any atom is 0.220 e. The van der Waals surface area contributed by atoms with Crippen molar-refractivity contribution in [2.24, 2.45) is 0 Å². The summed E-state index contributed by atoms with van der Waals surface area (Å²) in [5.41, 5.74) is 0. The van der Waals surface area contributed by atoms with Gasteiger partial charge in [0.2, 0.25) is 5.91 Å². The zero-order valence-electron chi connectivity index (χ0n) is 47.8. The standard InChI is InChI=1S/C66H127NO3/c1-3-5-7-9-11-13-15-17-19-21-23-25-26-27-28-29-30-31-32-33-34-35-36-37-38-39-40-42-44-46-48-50-52-54-56-58-60-62-66(70)67-64(63-68)65(69)61-59-57-55-53-51-49-47-45-43-41-24-22-20-18-16-14-12-10-8-6-4-2/h15,17,21,23,59,61,64-65,68-69H,3-14,16,18-20,22,24-58,60,62-63H2,1-2H3,(H,67,70)/b17-15-,23-21-,61-59+. The molecule has 1 amide bonds. The molecule has 0 aliphatic heterocycles. The van der Waals surface area contributed by atoms with Gasteiger partial charge in [0.15, 0.2) is 0 Å². The van der Waals surface area contributed by atoms with Crippen LogP contribution in [0.15, 0.2) is 36.5 Å². The van der Waals surface area contributed by atoms with Crippen molar-refractivity contribution in [1.29, 1.82) is 0 Å². The Morgan fingerprint density at radius 1 is 0.343 bits per heavy atom. The number of carbonyl (C=O) groups is 1. The summed E-state index contributed by atoms with van der Waals surface area (Å²) in [6.07, 6.45) is 84.9. The molecular formula is C66H127NO3. The molecule has 0 aromatic carbocycles. The molecule has 0 bridgehead atoms. The number of unbranched alkanes of at least 4 members (excludes halogenated alkanes) is 49. The molecule has 0 heterocycles. The fraction of sp³-hybridized carbons (Fsp3) is 0.894. The molecule has 0 aliphatic carbocycles. The Morgan fingerprint density at radius 2 is 0.586 bits per heavy atom. The molecule has 2 atom stereocenters. The third-order valence-electron chi connectivity index (χ3n) is 15.1. The van der Waals surface area contributed by atoms with E-state index in [1.54, 1.807) is 6.08 Å². The van der Waals surface area contributed by atoms with E-state index < -0.39 is 12.1 Å². The van der Waals surface area contributed by atoms with Crippen molar-refractivity contribution in [3.63, 3.8) is 0 Å². The van der Waals surface area contributed by atoms with E-state index in [2.05, 4.69) is 43.5 Å².